The van der Waals surface area contributed by atoms with Gasteiger partial charge in [-0.25, -0.2) is 0 Å². The van der Waals surface area contributed by atoms with Crippen molar-refractivity contribution in [3.05, 3.63) is 0 Å². The van der Waals surface area contributed by atoms with Gasteiger partial charge in [0.25, 0.3) is 0 Å². The van der Waals surface area contributed by atoms with Crippen LogP contribution in [-0.2, 0) is 19.5 Å². The summed E-state index contributed by atoms with van der Waals surface area (Å²) in [5.74, 6) is 0. The number of oxime groups is 4. The van der Waals surface area contributed by atoms with Gasteiger partial charge in [-0.05, 0) is 27.7 Å². The van der Waals surface area contributed by atoms with Crippen molar-refractivity contribution in [3.8, 4) is 0 Å². The maximum Gasteiger partial charge on any atom is 3.00 e. The second-order valence-corrected chi connectivity index (χ2v) is 2.74. The molecule has 0 aromatic carbocycles. The summed E-state index contributed by atoms with van der Waals surface area (Å²) < 4.78 is 0. The second-order valence-electron chi connectivity index (χ2n) is 2.74. The van der Waals surface area contributed by atoms with Crippen molar-refractivity contribution < 1.29 is 40.3 Å². The van der Waals surface area contributed by atoms with E-state index in [0.29, 0.717) is 22.8 Å². The minimum atomic E-state index is 0. The van der Waals surface area contributed by atoms with Gasteiger partial charge in [-0.2, -0.15) is 0 Å². The van der Waals surface area contributed by atoms with Crippen LogP contribution in [0, 0.1) is 0 Å². The van der Waals surface area contributed by atoms with Crippen LogP contribution in [0.4, 0.5) is 0 Å². The zero-order valence-corrected chi connectivity index (χ0v) is 13.0. The molecule has 0 unspecified atom stereocenters. The molecule has 0 bridgehead atoms. The Bertz CT molecular complexity index is 265. The Morgan fingerprint density at radius 1 is 0.526 bits per heavy atom. The Kier molecular flexibility index (Phi) is 30.1. The number of nitrogens with zero attached hydrogens (tertiary/aromatic N) is 4. The topological polar surface area (TPSA) is 200 Å². The molecule has 10 N–H and O–H groups in total. The van der Waals surface area contributed by atoms with Crippen molar-refractivity contribution in [2.45, 2.75) is 27.7 Å². The van der Waals surface area contributed by atoms with Crippen LogP contribution in [0.2, 0.25) is 0 Å². The van der Waals surface area contributed by atoms with Gasteiger partial charge < -0.3 is 33.1 Å². The van der Waals surface area contributed by atoms with Gasteiger partial charge in [0.2, 0.25) is 0 Å². The Hall–Kier alpha value is -1.58. The van der Waals surface area contributed by atoms with Crippen molar-refractivity contribution in [2.24, 2.45) is 20.6 Å². The molecule has 0 aliphatic heterocycles. The molecule has 19 heavy (non-hydrogen) atoms. The third-order valence-corrected chi connectivity index (χ3v) is 1.65. The summed E-state index contributed by atoms with van der Waals surface area (Å²) >= 11 is 0. The molecular formula is C8H22N6O4Rh+3. The van der Waals surface area contributed by atoms with E-state index in [-0.39, 0.29) is 31.8 Å². The summed E-state index contributed by atoms with van der Waals surface area (Å²) in [4.78, 5) is 0. The third-order valence-electron chi connectivity index (χ3n) is 1.65. The van der Waals surface area contributed by atoms with E-state index in [4.69, 9.17) is 20.8 Å². The second kappa shape index (κ2) is 18.8. The summed E-state index contributed by atoms with van der Waals surface area (Å²) in [5.41, 5.74) is 1.25. The molecule has 114 valence electrons. The smallest absolute Gasteiger partial charge is 0.411 e. The molecule has 0 fully saturated rings. The molecular weight excluding hydrogens is 347 g/mol. The molecule has 0 amide bonds. The maximum absolute atomic E-state index is 8.03. The van der Waals surface area contributed by atoms with Crippen molar-refractivity contribution in [1.82, 2.24) is 12.3 Å². The molecule has 0 aromatic rings. The first-order valence-electron chi connectivity index (χ1n) is 4.19. The fraction of sp³-hybridized carbons (Fsp3) is 0.500. The predicted molar refractivity (Wildman–Crippen MR) is 69.6 cm³/mol. The first kappa shape index (κ1) is 30.4. The quantitative estimate of drug-likeness (QED) is 0.185. The fourth-order valence-corrected chi connectivity index (χ4v) is 0.289. The van der Waals surface area contributed by atoms with E-state index in [2.05, 4.69) is 20.6 Å². The zero-order chi connectivity index (χ0) is 13.1. The Balaban J connectivity index is -0.0000000594. The summed E-state index contributed by atoms with van der Waals surface area (Å²) in [6, 6.07) is 0. The summed E-state index contributed by atoms with van der Waals surface area (Å²) in [6.45, 7) is 6.15. The third kappa shape index (κ3) is 16.4. The monoisotopic (exact) mass is 369 g/mol. The standard InChI is InChI=1S/2C4H8N2O2.2H3N.Rh/c2*1-3(5-7)4(2)6-8;;;/h2*7-8H,1-2H3;2*1H3;/q;;;;+3. The summed E-state index contributed by atoms with van der Waals surface area (Å²) in [6.07, 6.45) is 0. The van der Waals surface area contributed by atoms with Crippen molar-refractivity contribution in [2.75, 3.05) is 0 Å². The number of hydrogen-bond acceptors (Lipinski definition) is 10. The van der Waals surface area contributed by atoms with Crippen LogP contribution < -0.4 is 12.3 Å². The van der Waals surface area contributed by atoms with Crippen LogP contribution >= 0.6 is 0 Å². The average molecular weight is 369 g/mol. The molecule has 11 heteroatoms. The van der Waals surface area contributed by atoms with Gasteiger partial charge in [-0.3, -0.25) is 0 Å². The van der Waals surface area contributed by atoms with E-state index >= 15 is 0 Å². The van der Waals surface area contributed by atoms with Crippen LogP contribution in [0.15, 0.2) is 20.6 Å². The molecule has 0 aliphatic rings. The molecule has 0 saturated heterocycles. The van der Waals surface area contributed by atoms with E-state index in [1.165, 1.54) is 27.7 Å². The molecule has 0 atom stereocenters. The average Bonchev–Trinajstić information content (AvgIpc) is 2.35. The first-order valence-corrected chi connectivity index (χ1v) is 4.19. The van der Waals surface area contributed by atoms with E-state index in [9.17, 15) is 0 Å². The summed E-state index contributed by atoms with van der Waals surface area (Å²) in [5, 5.41) is 43.3. The summed E-state index contributed by atoms with van der Waals surface area (Å²) in [7, 11) is 0. The van der Waals surface area contributed by atoms with Crippen LogP contribution in [0.25, 0.3) is 0 Å². The van der Waals surface area contributed by atoms with Crippen molar-refractivity contribution >= 4 is 22.8 Å². The van der Waals surface area contributed by atoms with E-state index in [1.807, 2.05) is 0 Å². The van der Waals surface area contributed by atoms with E-state index in [1.54, 1.807) is 0 Å². The van der Waals surface area contributed by atoms with Gasteiger partial charge in [0, 0.05) is 0 Å². The van der Waals surface area contributed by atoms with Gasteiger partial charge >= 0.3 is 19.5 Å². The van der Waals surface area contributed by atoms with E-state index in [0.717, 1.165) is 0 Å². The van der Waals surface area contributed by atoms with Crippen molar-refractivity contribution in [1.29, 1.82) is 0 Å². The number of hydrogen-bond donors (Lipinski definition) is 6. The Morgan fingerprint density at radius 3 is 0.684 bits per heavy atom. The van der Waals surface area contributed by atoms with Gasteiger partial charge in [0.1, 0.15) is 22.8 Å². The Morgan fingerprint density at radius 2 is 0.632 bits per heavy atom. The van der Waals surface area contributed by atoms with Crippen LogP contribution in [0.3, 0.4) is 0 Å². The van der Waals surface area contributed by atoms with E-state index < -0.39 is 0 Å². The van der Waals surface area contributed by atoms with Crippen LogP contribution in [-0.4, -0.2) is 43.7 Å². The van der Waals surface area contributed by atoms with Gasteiger partial charge in [-0.1, -0.05) is 20.6 Å². The molecule has 0 aliphatic carbocycles. The minimum Gasteiger partial charge on any atom is -0.411 e. The normalized spacial score (nSPS) is 12.0. The van der Waals surface area contributed by atoms with Crippen molar-refractivity contribution in [3.63, 3.8) is 0 Å². The molecule has 0 saturated carbocycles. The fourth-order valence-electron chi connectivity index (χ4n) is 0.289. The maximum atomic E-state index is 8.03. The predicted octanol–water partition coefficient (Wildman–Crippen LogP) is 1.69. The molecule has 0 radical (unpaired) electrons. The van der Waals surface area contributed by atoms with Crippen LogP contribution in [0.1, 0.15) is 27.7 Å². The molecule has 10 nitrogen and oxygen atoms in total. The van der Waals surface area contributed by atoms with Gasteiger partial charge in [-0.15, -0.1) is 0 Å². The SMILES string of the molecule is CC(=NO)C(C)=NO.CC(=NO)C(C)=NO.N.N.[Rh+3]. The Labute approximate surface area is 124 Å². The first-order chi connectivity index (χ1) is 7.44. The largest absolute Gasteiger partial charge is 3.00 e. The molecule has 0 spiro atoms. The van der Waals surface area contributed by atoms with Crippen LogP contribution in [0.5, 0.6) is 0 Å². The zero-order valence-electron chi connectivity index (χ0n) is 11.3. The van der Waals surface area contributed by atoms with Gasteiger partial charge in [0.15, 0.2) is 0 Å². The minimum absolute atomic E-state index is 0. The number of rotatable bonds is 2. The molecule has 0 heterocycles. The van der Waals surface area contributed by atoms with Gasteiger partial charge in [0.05, 0.1) is 0 Å². The molecule has 0 rings (SSSR count). The molecule has 0 aromatic heterocycles.